The zero-order valence-corrected chi connectivity index (χ0v) is 19.3. The topological polar surface area (TPSA) is 93.2 Å². The summed E-state index contributed by atoms with van der Waals surface area (Å²) < 4.78 is 34.1. The van der Waals surface area contributed by atoms with Crippen molar-refractivity contribution in [3.63, 3.8) is 0 Å². The standard InChI is InChI=1S/C23H28N2O6S/c1-24(11-6-12-31-20-9-5-10-21(15-20)32(3,28)29)23(27)17-13-22(26)25(16-17)18-7-4-8-19(14-18)30-2/h4-5,7-10,14-15,17H,6,11-13,16H2,1-3H3. The number of carbonyl (C=O) groups is 2. The molecule has 1 heterocycles. The van der Waals surface area contributed by atoms with E-state index in [4.69, 9.17) is 9.47 Å². The van der Waals surface area contributed by atoms with Gasteiger partial charge in [-0.2, -0.15) is 0 Å². The Morgan fingerprint density at radius 1 is 1.16 bits per heavy atom. The van der Waals surface area contributed by atoms with Gasteiger partial charge in [0.2, 0.25) is 11.8 Å². The number of hydrogen-bond acceptors (Lipinski definition) is 6. The molecule has 1 fully saturated rings. The third kappa shape index (κ3) is 5.79. The van der Waals surface area contributed by atoms with Crippen molar-refractivity contribution >= 4 is 27.3 Å². The summed E-state index contributed by atoms with van der Waals surface area (Å²) in [4.78, 5) is 28.7. The van der Waals surface area contributed by atoms with E-state index in [2.05, 4.69) is 0 Å². The van der Waals surface area contributed by atoms with Crippen molar-refractivity contribution < 1.29 is 27.5 Å². The highest BCUT2D eigenvalue weighted by atomic mass is 32.2. The average molecular weight is 461 g/mol. The summed E-state index contributed by atoms with van der Waals surface area (Å²) >= 11 is 0. The lowest BCUT2D eigenvalue weighted by molar-refractivity contribution is -0.134. The molecule has 0 aliphatic carbocycles. The smallest absolute Gasteiger partial charge is 0.227 e. The molecule has 3 rings (SSSR count). The molecule has 1 aliphatic rings. The summed E-state index contributed by atoms with van der Waals surface area (Å²) in [6, 6.07) is 13.6. The first-order chi connectivity index (χ1) is 15.2. The Hall–Kier alpha value is -3.07. The van der Waals surface area contributed by atoms with Gasteiger partial charge in [0.05, 0.1) is 24.5 Å². The maximum atomic E-state index is 12.8. The average Bonchev–Trinajstić information content (AvgIpc) is 3.17. The molecule has 1 atom stereocenters. The Labute approximate surface area is 188 Å². The Kier molecular flexibility index (Phi) is 7.40. The van der Waals surface area contributed by atoms with E-state index < -0.39 is 15.8 Å². The van der Waals surface area contributed by atoms with Crippen LogP contribution >= 0.6 is 0 Å². The number of sulfone groups is 1. The number of anilines is 1. The second-order valence-corrected chi connectivity index (χ2v) is 9.83. The van der Waals surface area contributed by atoms with Crippen molar-refractivity contribution in [1.29, 1.82) is 0 Å². The fourth-order valence-corrected chi connectivity index (χ4v) is 4.27. The van der Waals surface area contributed by atoms with E-state index in [0.717, 1.165) is 11.9 Å². The molecule has 2 aromatic rings. The zero-order chi connectivity index (χ0) is 23.3. The van der Waals surface area contributed by atoms with Gasteiger partial charge in [-0.3, -0.25) is 9.59 Å². The molecule has 1 unspecified atom stereocenters. The molecular weight excluding hydrogens is 432 g/mol. The van der Waals surface area contributed by atoms with Gasteiger partial charge in [-0.1, -0.05) is 12.1 Å². The molecule has 0 radical (unpaired) electrons. The Morgan fingerprint density at radius 3 is 2.59 bits per heavy atom. The highest BCUT2D eigenvalue weighted by Crippen LogP contribution is 2.28. The Morgan fingerprint density at radius 2 is 1.88 bits per heavy atom. The predicted molar refractivity (Wildman–Crippen MR) is 121 cm³/mol. The van der Waals surface area contributed by atoms with Gasteiger partial charge in [-0.05, 0) is 36.8 Å². The second-order valence-electron chi connectivity index (χ2n) is 7.82. The monoisotopic (exact) mass is 460 g/mol. The first-order valence-electron chi connectivity index (χ1n) is 10.3. The first-order valence-corrected chi connectivity index (χ1v) is 12.2. The fourth-order valence-electron chi connectivity index (χ4n) is 3.61. The summed E-state index contributed by atoms with van der Waals surface area (Å²) in [5.74, 6) is 0.564. The van der Waals surface area contributed by atoms with Gasteiger partial charge in [0, 0.05) is 44.6 Å². The molecule has 0 saturated carbocycles. The van der Waals surface area contributed by atoms with Crippen molar-refractivity contribution in [2.24, 2.45) is 5.92 Å². The summed E-state index contributed by atoms with van der Waals surface area (Å²) in [5, 5.41) is 0. The number of ether oxygens (including phenoxy) is 2. The highest BCUT2D eigenvalue weighted by Gasteiger charge is 2.36. The number of methoxy groups -OCH3 is 1. The van der Waals surface area contributed by atoms with Crippen molar-refractivity contribution in [1.82, 2.24) is 4.90 Å². The SMILES string of the molecule is COc1cccc(N2CC(C(=O)N(C)CCCOc3cccc(S(C)(=O)=O)c3)CC2=O)c1. The minimum atomic E-state index is -3.29. The molecule has 2 aromatic carbocycles. The summed E-state index contributed by atoms with van der Waals surface area (Å²) in [6.45, 7) is 1.14. The second kappa shape index (κ2) is 10.0. The third-order valence-corrected chi connectivity index (χ3v) is 6.47. The van der Waals surface area contributed by atoms with Crippen LogP contribution in [0.3, 0.4) is 0 Å². The van der Waals surface area contributed by atoms with E-state index in [1.165, 1.54) is 12.1 Å². The third-order valence-electron chi connectivity index (χ3n) is 5.36. The Balaban J connectivity index is 1.49. The number of benzene rings is 2. The first kappa shape index (κ1) is 23.6. The predicted octanol–water partition coefficient (Wildman–Crippen LogP) is 2.38. The van der Waals surface area contributed by atoms with Crippen molar-refractivity contribution in [3.05, 3.63) is 48.5 Å². The molecule has 0 bridgehead atoms. The highest BCUT2D eigenvalue weighted by molar-refractivity contribution is 7.90. The zero-order valence-electron chi connectivity index (χ0n) is 18.5. The van der Waals surface area contributed by atoms with Crippen LogP contribution in [0.25, 0.3) is 0 Å². The number of carbonyl (C=O) groups excluding carboxylic acids is 2. The lowest BCUT2D eigenvalue weighted by atomic mass is 10.1. The van der Waals surface area contributed by atoms with Gasteiger partial charge in [0.25, 0.3) is 0 Å². The number of rotatable bonds is 9. The molecule has 1 saturated heterocycles. The summed E-state index contributed by atoms with van der Waals surface area (Å²) in [5.41, 5.74) is 0.719. The van der Waals surface area contributed by atoms with Gasteiger partial charge in [-0.25, -0.2) is 8.42 Å². The van der Waals surface area contributed by atoms with E-state index in [9.17, 15) is 18.0 Å². The van der Waals surface area contributed by atoms with Crippen LogP contribution in [-0.2, 0) is 19.4 Å². The van der Waals surface area contributed by atoms with Gasteiger partial charge in [-0.15, -0.1) is 0 Å². The minimum absolute atomic E-state index is 0.0807. The molecule has 172 valence electrons. The number of nitrogens with zero attached hydrogens (tertiary/aromatic N) is 2. The van der Waals surface area contributed by atoms with Crippen LogP contribution in [0, 0.1) is 5.92 Å². The van der Waals surface area contributed by atoms with Crippen molar-refractivity contribution in [2.45, 2.75) is 17.7 Å². The van der Waals surface area contributed by atoms with Crippen LogP contribution < -0.4 is 14.4 Å². The number of amides is 2. The van der Waals surface area contributed by atoms with Gasteiger partial charge < -0.3 is 19.3 Å². The van der Waals surface area contributed by atoms with E-state index in [0.29, 0.717) is 37.6 Å². The van der Waals surface area contributed by atoms with Crippen LogP contribution in [-0.4, -0.2) is 65.2 Å². The lowest BCUT2D eigenvalue weighted by Gasteiger charge is -2.21. The quantitative estimate of drug-likeness (QED) is 0.534. The molecule has 2 amide bonds. The lowest BCUT2D eigenvalue weighted by Crippen LogP contribution is -2.35. The molecule has 0 spiro atoms. The van der Waals surface area contributed by atoms with Gasteiger partial charge in [0.15, 0.2) is 9.84 Å². The van der Waals surface area contributed by atoms with Gasteiger partial charge in [0.1, 0.15) is 11.5 Å². The van der Waals surface area contributed by atoms with E-state index in [1.54, 1.807) is 48.2 Å². The molecule has 32 heavy (non-hydrogen) atoms. The van der Waals surface area contributed by atoms with Crippen LogP contribution in [0.5, 0.6) is 11.5 Å². The largest absolute Gasteiger partial charge is 0.497 e. The van der Waals surface area contributed by atoms with E-state index >= 15 is 0 Å². The van der Waals surface area contributed by atoms with Crippen molar-refractivity contribution in [3.8, 4) is 11.5 Å². The van der Waals surface area contributed by atoms with E-state index in [1.807, 2.05) is 12.1 Å². The number of hydrogen-bond donors (Lipinski definition) is 0. The van der Waals surface area contributed by atoms with Gasteiger partial charge >= 0.3 is 0 Å². The maximum absolute atomic E-state index is 12.8. The molecule has 0 aromatic heterocycles. The molecular formula is C23H28N2O6S. The minimum Gasteiger partial charge on any atom is -0.497 e. The normalized spacial score (nSPS) is 16.2. The van der Waals surface area contributed by atoms with Crippen LogP contribution in [0.15, 0.2) is 53.4 Å². The van der Waals surface area contributed by atoms with Crippen molar-refractivity contribution in [2.75, 3.05) is 45.0 Å². The van der Waals surface area contributed by atoms with Crippen LogP contribution in [0.1, 0.15) is 12.8 Å². The fraction of sp³-hybridized carbons (Fsp3) is 0.391. The molecule has 1 aliphatic heterocycles. The molecule has 0 N–H and O–H groups in total. The van der Waals surface area contributed by atoms with Crippen LogP contribution in [0.4, 0.5) is 5.69 Å². The summed E-state index contributed by atoms with van der Waals surface area (Å²) in [7, 11) is -0.0132. The molecule has 8 nitrogen and oxygen atoms in total. The van der Waals surface area contributed by atoms with E-state index in [-0.39, 0.29) is 23.1 Å². The van der Waals surface area contributed by atoms with Crippen LogP contribution in [0.2, 0.25) is 0 Å². The summed E-state index contributed by atoms with van der Waals surface area (Å²) in [6.07, 6.45) is 1.90. The molecule has 9 heteroatoms. The Bertz CT molecular complexity index is 1090. The maximum Gasteiger partial charge on any atom is 0.227 e.